The lowest BCUT2D eigenvalue weighted by atomic mass is 10.1. The van der Waals surface area contributed by atoms with Gasteiger partial charge in [-0.15, -0.1) is 0 Å². The largest absolute Gasteiger partial charge is 0.370 e. The van der Waals surface area contributed by atoms with Gasteiger partial charge in [-0.3, -0.25) is 4.99 Å². The number of hydrogen-bond donors (Lipinski definition) is 2. The Hall–Kier alpha value is -0.780. The molecular formula is C8H17N3O2S. The van der Waals surface area contributed by atoms with Gasteiger partial charge in [-0.2, -0.15) is 0 Å². The maximum atomic E-state index is 11.1. The number of rotatable bonds is 3. The van der Waals surface area contributed by atoms with E-state index in [-0.39, 0.29) is 11.7 Å². The number of aliphatic imine (C=N–C) groups is 1. The summed E-state index contributed by atoms with van der Waals surface area (Å²) in [6.45, 7) is 3.18. The fourth-order valence-corrected chi connectivity index (χ4v) is 3.33. The summed E-state index contributed by atoms with van der Waals surface area (Å²) < 4.78 is 22.2. The first-order chi connectivity index (χ1) is 6.53. The van der Waals surface area contributed by atoms with Crippen molar-refractivity contribution in [2.75, 3.05) is 24.6 Å². The molecule has 1 fully saturated rings. The summed E-state index contributed by atoms with van der Waals surface area (Å²) in [7, 11) is -2.79. The van der Waals surface area contributed by atoms with Crippen LogP contribution in [-0.4, -0.2) is 39.0 Å². The molecule has 1 aliphatic rings. The summed E-state index contributed by atoms with van der Waals surface area (Å²) in [6.07, 6.45) is 0.714. The van der Waals surface area contributed by atoms with Gasteiger partial charge in [-0.25, -0.2) is 8.42 Å². The minimum absolute atomic E-state index is 0.150. The predicted molar refractivity (Wildman–Crippen MR) is 56.9 cm³/mol. The molecule has 0 spiro atoms. The second-order valence-corrected chi connectivity index (χ2v) is 5.75. The molecule has 3 N–H and O–H groups in total. The van der Waals surface area contributed by atoms with Gasteiger partial charge in [0.2, 0.25) is 0 Å². The summed E-state index contributed by atoms with van der Waals surface area (Å²) in [5.41, 5.74) is 5.52. The van der Waals surface area contributed by atoms with Gasteiger partial charge < -0.3 is 11.1 Å². The summed E-state index contributed by atoms with van der Waals surface area (Å²) >= 11 is 0. The highest BCUT2D eigenvalue weighted by atomic mass is 32.2. The molecule has 1 unspecified atom stereocenters. The number of nitrogens with two attached hydrogens (primary N) is 1. The van der Waals surface area contributed by atoms with Crippen molar-refractivity contribution < 1.29 is 8.42 Å². The molecule has 82 valence electrons. The Kier molecular flexibility index (Phi) is 3.74. The Bertz CT molecular complexity index is 311. The standard InChI is InChI=1S/C8H17N3O2S/c1-2-10-8(9)11-5-7-3-4-14(12,13)6-7/h7H,2-6H2,1H3,(H3,9,10,11). The van der Waals surface area contributed by atoms with Crippen molar-refractivity contribution in [3.8, 4) is 0 Å². The lowest BCUT2D eigenvalue weighted by molar-refractivity contribution is 0.590. The lowest BCUT2D eigenvalue weighted by Crippen LogP contribution is -2.32. The number of nitrogens with zero attached hydrogens (tertiary/aromatic N) is 1. The van der Waals surface area contributed by atoms with Crippen LogP contribution in [0.15, 0.2) is 4.99 Å². The van der Waals surface area contributed by atoms with Gasteiger partial charge >= 0.3 is 0 Å². The van der Waals surface area contributed by atoms with Gasteiger partial charge in [0.1, 0.15) is 0 Å². The molecule has 5 nitrogen and oxygen atoms in total. The number of guanidine groups is 1. The van der Waals surface area contributed by atoms with E-state index in [4.69, 9.17) is 5.73 Å². The second-order valence-electron chi connectivity index (χ2n) is 3.53. The maximum absolute atomic E-state index is 11.1. The van der Waals surface area contributed by atoms with E-state index in [0.717, 1.165) is 6.54 Å². The fraction of sp³-hybridized carbons (Fsp3) is 0.875. The third-order valence-corrected chi connectivity index (χ3v) is 4.04. The summed E-state index contributed by atoms with van der Waals surface area (Å²) in [5, 5.41) is 2.87. The second kappa shape index (κ2) is 4.63. The minimum Gasteiger partial charge on any atom is -0.370 e. The zero-order valence-corrected chi connectivity index (χ0v) is 9.18. The number of nitrogens with one attached hydrogen (secondary N) is 1. The zero-order valence-electron chi connectivity index (χ0n) is 8.36. The summed E-state index contributed by atoms with van der Waals surface area (Å²) in [4.78, 5) is 4.08. The van der Waals surface area contributed by atoms with Crippen LogP contribution in [0.25, 0.3) is 0 Å². The van der Waals surface area contributed by atoms with Crippen molar-refractivity contribution >= 4 is 15.8 Å². The van der Waals surface area contributed by atoms with Crippen LogP contribution in [0.2, 0.25) is 0 Å². The van der Waals surface area contributed by atoms with Crippen molar-refractivity contribution in [2.24, 2.45) is 16.6 Å². The molecule has 0 aromatic rings. The topological polar surface area (TPSA) is 84.5 Å². The molecule has 1 aliphatic heterocycles. The van der Waals surface area contributed by atoms with Crippen molar-refractivity contribution in [2.45, 2.75) is 13.3 Å². The molecule has 0 aliphatic carbocycles. The van der Waals surface area contributed by atoms with E-state index in [1.54, 1.807) is 0 Å². The molecule has 0 amide bonds. The average Bonchev–Trinajstić information content (AvgIpc) is 2.43. The monoisotopic (exact) mass is 219 g/mol. The highest BCUT2D eigenvalue weighted by molar-refractivity contribution is 7.91. The average molecular weight is 219 g/mol. The zero-order chi connectivity index (χ0) is 10.6. The molecule has 1 rings (SSSR count). The van der Waals surface area contributed by atoms with E-state index in [2.05, 4.69) is 10.3 Å². The van der Waals surface area contributed by atoms with E-state index < -0.39 is 9.84 Å². The smallest absolute Gasteiger partial charge is 0.188 e. The molecule has 0 saturated carbocycles. The first-order valence-corrected chi connectivity index (χ1v) is 6.60. The van der Waals surface area contributed by atoms with E-state index in [1.807, 2.05) is 6.92 Å². The highest BCUT2D eigenvalue weighted by Gasteiger charge is 2.27. The van der Waals surface area contributed by atoms with Gasteiger partial charge in [-0.1, -0.05) is 0 Å². The molecule has 0 aromatic heterocycles. The molecule has 0 radical (unpaired) electrons. The van der Waals surface area contributed by atoms with Gasteiger partial charge in [0.05, 0.1) is 11.5 Å². The summed E-state index contributed by atoms with van der Waals surface area (Å²) in [6, 6.07) is 0. The van der Waals surface area contributed by atoms with Crippen LogP contribution in [0.1, 0.15) is 13.3 Å². The third kappa shape index (κ3) is 3.53. The van der Waals surface area contributed by atoms with Crippen LogP contribution in [-0.2, 0) is 9.84 Å². The van der Waals surface area contributed by atoms with Crippen LogP contribution < -0.4 is 11.1 Å². The van der Waals surface area contributed by atoms with Crippen LogP contribution in [0.4, 0.5) is 0 Å². The van der Waals surface area contributed by atoms with Gasteiger partial charge in [0, 0.05) is 13.1 Å². The Morgan fingerprint density at radius 3 is 2.86 bits per heavy atom. The Labute approximate surface area is 84.7 Å². The van der Waals surface area contributed by atoms with Crippen LogP contribution in [0.5, 0.6) is 0 Å². The molecule has 1 heterocycles. The molecular weight excluding hydrogens is 202 g/mol. The SMILES string of the molecule is CCNC(N)=NCC1CCS(=O)(=O)C1. The van der Waals surface area contributed by atoms with Crippen LogP contribution in [0, 0.1) is 5.92 Å². The summed E-state index contributed by atoms with van der Waals surface area (Å²) in [5.74, 6) is 1.11. The molecule has 0 aromatic carbocycles. The highest BCUT2D eigenvalue weighted by Crippen LogP contribution is 2.18. The van der Waals surface area contributed by atoms with Crippen LogP contribution >= 0.6 is 0 Å². The van der Waals surface area contributed by atoms with Gasteiger partial charge in [0.15, 0.2) is 15.8 Å². The molecule has 14 heavy (non-hydrogen) atoms. The molecule has 1 saturated heterocycles. The lowest BCUT2D eigenvalue weighted by Gasteiger charge is -2.05. The fourth-order valence-electron chi connectivity index (χ4n) is 1.48. The Balaban J connectivity index is 2.37. The number of hydrogen-bond acceptors (Lipinski definition) is 3. The quantitative estimate of drug-likeness (QED) is 0.488. The first-order valence-electron chi connectivity index (χ1n) is 4.77. The van der Waals surface area contributed by atoms with Crippen molar-refractivity contribution in [3.05, 3.63) is 0 Å². The Morgan fingerprint density at radius 2 is 2.36 bits per heavy atom. The van der Waals surface area contributed by atoms with Crippen molar-refractivity contribution in [1.29, 1.82) is 0 Å². The van der Waals surface area contributed by atoms with E-state index in [0.29, 0.717) is 24.7 Å². The molecule has 0 bridgehead atoms. The van der Waals surface area contributed by atoms with Crippen molar-refractivity contribution in [1.82, 2.24) is 5.32 Å². The first kappa shape index (κ1) is 11.3. The van der Waals surface area contributed by atoms with Gasteiger partial charge in [0.25, 0.3) is 0 Å². The Morgan fingerprint density at radius 1 is 1.64 bits per heavy atom. The van der Waals surface area contributed by atoms with Crippen molar-refractivity contribution in [3.63, 3.8) is 0 Å². The minimum atomic E-state index is -2.79. The predicted octanol–water partition coefficient (Wildman–Crippen LogP) is -0.655. The van der Waals surface area contributed by atoms with Gasteiger partial charge in [-0.05, 0) is 19.3 Å². The molecule has 1 atom stereocenters. The maximum Gasteiger partial charge on any atom is 0.188 e. The van der Waals surface area contributed by atoms with E-state index in [9.17, 15) is 8.42 Å². The normalized spacial score (nSPS) is 26.4. The number of sulfone groups is 1. The molecule has 6 heteroatoms. The van der Waals surface area contributed by atoms with E-state index in [1.165, 1.54) is 0 Å². The van der Waals surface area contributed by atoms with E-state index >= 15 is 0 Å². The third-order valence-electron chi connectivity index (χ3n) is 2.20. The van der Waals surface area contributed by atoms with Crippen LogP contribution in [0.3, 0.4) is 0 Å².